The Labute approximate surface area is 140 Å². The van der Waals surface area contributed by atoms with Crippen molar-refractivity contribution in [3.8, 4) is 0 Å². The van der Waals surface area contributed by atoms with E-state index in [1.54, 1.807) is 16.8 Å². The van der Waals surface area contributed by atoms with E-state index in [2.05, 4.69) is 9.72 Å². The lowest BCUT2D eigenvalue weighted by Gasteiger charge is -2.43. The Morgan fingerprint density at radius 1 is 1.17 bits per heavy atom. The highest BCUT2D eigenvalue weighted by molar-refractivity contribution is 6.01. The lowest BCUT2D eigenvalue weighted by atomic mass is 9.85. The number of amides is 2. The standard InChI is InChI=1S/C17H21N3O4/c1-19-7-3-5-17(16(19)23)6-4-8-20(17)14(21)12-9-13(11-18-10-12)15(22)24-2/h9-11H,3-8H2,1-2H3. The molecule has 1 spiro atoms. The van der Waals surface area contributed by atoms with E-state index in [4.69, 9.17) is 0 Å². The third-order valence-corrected chi connectivity index (χ3v) is 4.97. The van der Waals surface area contributed by atoms with Crippen LogP contribution in [0.5, 0.6) is 0 Å². The van der Waals surface area contributed by atoms with Gasteiger partial charge in [-0.2, -0.15) is 0 Å². The first-order valence-corrected chi connectivity index (χ1v) is 8.10. The van der Waals surface area contributed by atoms with Crippen molar-refractivity contribution in [1.82, 2.24) is 14.8 Å². The number of hydrogen-bond donors (Lipinski definition) is 0. The molecule has 1 aromatic heterocycles. The van der Waals surface area contributed by atoms with Gasteiger partial charge in [0.25, 0.3) is 5.91 Å². The minimum Gasteiger partial charge on any atom is -0.465 e. The van der Waals surface area contributed by atoms with Crippen molar-refractivity contribution in [2.24, 2.45) is 0 Å². The second-order valence-corrected chi connectivity index (χ2v) is 6.38. The average Bonchev–Trinajstić information content (AvgIpc) is 3.02. The summed E-state index contributed by atoms with van der Waals surface area (Å²) in [4.78, 5) is 44.8. The number of carbonyl (C=O) groups excluding carboxylic acids is 3. The van der Waals surface area contributed by atoms with Gasteiger partial charge in [0, 0.05) is 32.5 Å². The fourth-order valence-electron chi connectivity index (χ4n) is 3.77. The maximum atomic E-state index is 13.0. The van der Waals surface area contributed by atoms with Gasteiger partial charge in [0.15, 0.2) is 0 Å². The maximum absolute atomic E-state index is 13.0. The van der Waals surface area contributed by atoms with E-state index in [1.165, 1.54) is 25.6 Å². The van der Waals surface area contributed by atoms with Gasteiger partial charge >= 0.3 is 5.97 Å². The van der Waals surface area contributed by atoms with Crippen LogP contribution in [0.2, 0.25) is 0 Å². The first kappa shape index (κ1) is 16.4. The highest BCUT2D eigenvalue weighted by Crippen LogP contribution is 2.38. The first-order chi connectivity index (χ1) is 11.5. The summed E-state index contributed by atoms with van der Waals surface area (Å²) in [5.41, 5.74) is -0.213. The van der Waals surface area contributed by atoms with Gasteiger partial charge in [0.05, 0.1) is 18.2 Å². The molecule has 128 valence electrons. The van der Waals surface area contributed by atoms with E-state index in [9.17, 15) is 14.4 Å². The van der Waals surface area contributed by atoms with Gasteiger partial charge in [-0.25, -0.2) is 4.79 Å². The number of nitrogens with zero attached hydrogens (tertiary/aromatic N) is 3. The quantitative estimate of drug-likeness (QED) is 0.758. The summed E-state index contributed by atoms with van der Waals surface area (Å²) < 4.78 is 4.67. The molecule has 1 unspecified atom stereocenters. The molecule has 0 N–H and O–H groups in total. The van der Waals surface area contributed by atoms with Crippen molar-refractivity contribution in [3.63, 3.8) is 0 Å². The molecule has 2 aliphatic heterocycles. The predicted molar refractivity (Wildman–Crippen MR) is 85.4 cm³/mol. The zero-order chi connectivity index (χ0) is 17.3. The fraction of sp³-hybridized carbons (Fsp3) is 0.529. The minimum atomic E-state index is -0.745. The Morgan fingerprint density at radius 2 is 1.83 bits per heavy atom. The summed E-state index contributed by atoms with van der Waals surface area (Å²) in [6, 6.07) is 1.48. The minimum absolute atomic E-state index is 0.0108. The number of rotatable bonds is 2. The number of ether oxygens (including phenoxy) is 1. The van der Waals surface area contributed by atoms with Crippen LogP contribution in [-0.2, 0) is 9.53 Å². The number of likely N-dealkylation sites (tertiary alicyclic amines) is 2. The molecule has 1 atom stereocenters. The van der Waals surface area contributed by atoms with Crippen molar-refractivity contribution >= 4 is 17.8 Å². The third-order valence-electron chi connectivity index (χ3n) is 4.97. The summed E-state index contributed by atoms with van der Waals surface area (Å²) in [6.07, 6.45) is 5.85. The molecule has 1 aromatic rings. The summed E-state index contributed by atoms with van der Waals surface area (Å²) in [7, 11) is 3.06. The normalized spacial score (nSPS) is 23.7. The largest absolute Gasteiger partial charge is 0.465 e. The maximum Gasteiger partial charge on any atom is 0.339 e. The van der Waals surface area contributed by atoms with Crippen molar-refractivity contribution < 1.29 is 19.1 Å². The van der Waals surface area contributed by atoms with Crippen molar-refractivity contribution in [2.75, 3.05) is 27.2 Å². The van der Waals surface area contributed by atoms with Gasteiger partial charge in [-0.1, -0.05) is 0 Å². The van der Waals surface area contributed by atoms with E-state index in [1.807, 2.05) is 0 Å². The lowest BCUT2D eigenvalue weighted by Crippen LogP contribution is -2.60. The molecule has 24 heavy (non-hydrogen) atoms. The molecule has 7 nitrogen and oxygen atoms in total. The summed E-state index contributed by atoms with van der Waals surface area (Å²) in [6.45, 7) is 1.27. The highest BCUT2D eigenvalue weighted by Gasteiger charge is 2.52. The second-order valence-electron chi connectivity index (χ2n) is 6.38. The van der Waals surface area contributed by atoms with Crippen molar-refractivity contribution in [3.05, 3.63) is 29.6 Å². The predicted octanol–water partition coefficient (Wildman–Crippen LogP) is 1.10. The fourth-order valence-corrected chi connectivity index (χ4v) is 3.77. The van der Waals surface area contributed by atoms with E-state index in [-0.39, 0.29) is 17.4 Å². The van der Waals surface area contributed by atoms with Crippen LogP contribution in [0.4, 0.5) is 0 Å². The average molecular weight is 331 g/mol. The highest BCUT2D eigenvalue weighted by atomic mass is 16.5. The van der Waals surface area contributed by atoms with Crippen LogP contribution in [0, 0.1) is 0 Å². The number of aromatic nitrogens is 1. The number of methoxy groups -OCH3 is 1. The van der Waals surface area contributed by atoms with Crippen LogP contribution in [0.3, 0.4) is 0 Å². The molecule has 3 rings (SSSR count). The van der Waals surface area contributed by atoms with Crippen LogP contribution in [0.1, 0.15) is 46.4 Å². The smallest absolute Gasteiger partial charge is 0.339 e. The zero-order valence-electron chi connectivity index (χ0n) is 13.9. The molecule has 0 bridgehead atoms. The Balaban J connectivity index is 1.92. The van der Waals surface area contributed by atoms with Crippen molar-refractivity contribution in [1.29, 1.82) is 0 Å². The Hall–Kier alpha value is -2.44. The molecule has 2 saturated heterocycles. The molecular formula is C17H21N3O4. The molecule has 0 aliphatic carbocycles. The Bertz CT molecular complexity index is 690. The van der Waals surface area contributed by atoms with Gasteiger partial charge in [-0.15, -0.1) is 0 Å². The molecule has 0 saturated carbocycles. The summed E-state index contributed by atoms with van der Waals surface area (Å²) in [5, 5.41) is 0. The molecule has 2 fully saturated rings. The summed E-state index contributed by atoms with van der Waals surface area (Å²) in [5.74, 6) is -0.784. The Kier molecular flexibility index (Phi) is 4.26. The van der Waals surface area contributed by atoms with Crippen LogP contribution in [0.25, 0.3) is 0 Å². The Morgan fingerprint density at radius 3 is 2.54 bits per heavy atom. The third kappa shape index (κ3) is 2.53. The van der Waals surface area contributed by atoms with Gasteiger partial charge < -0.3 is 14.5 Å². The van der Waals surface area contributed by atoms with Gasteiger partial charge in [0.2, 0.25) is 5.91 Å². The molecule has 2 aliphatic rings. The van der Waals surface area contributed by atoms with Crippen LogP contribution in [-0.4, -0.2) is 65.4 Å². The van der Waals surface area contributed by atoms with E-state index >= 15 is 0 Å². The number of piperidine rings is 1. The molecule has 2 amide bonds. The first-order valence-electron chi connectivity index (χ1n) is 8.10. The number of hydrogen-bond acceptors (Lipinski definition) is 5. The number of pyridine rings is 1. The van der Waals surface area contributed by atoms with Crippen LogP contribution in [0.15, 0.2) is 18.5 Å². The topological polar surface area (TPSA) is 79.8 Å². The van der Waals surface area contributed by atoms with Crippen LogP contribution >= 0.6 is 0 Å². The molecule has 0 aromatic carbocycles. The number of carbonyl (C=O) groups is 3. The van der Waals surface area contributed by atoms with Gasteiger partial charge in [-0.05, 0) is 31.7 Å². The van der Waals surface area contributed by atoms with Crippen LogP contribution < -0.4 is 0 Å². The summed E-state index contributed by atoms with van der Waals surface area (Å²) >= 11 is 0. The molecule has 3 heterocycles. The molecule has 0 radical (unpaired) electrons. The van der Waals surface area contributed by atoms with E-state index in [0.29, 0.717) is 24.9 Å². The van der Waals surface area contributed by atoms with Crippen molar-refractivity contribution in [2.45, 2.75) is 31.2 Å². The lowest BCUT2D eigenvalue weighted by molar-refractivity contribution is -0.144. The zero-order valence-corrected chi connectivity index (χ0v) is 13.9. The molecule has 7 heteroatoms. The second kappa shape index (κ2) is 6.22. The van der Waals surface area contributed by atoms with E-state index in [0.717, 1.165) is 19.4 Å². The molecular weight excluding hydrogens is 310 g/mol. The van der Waals surface area contributed by atoms with Gasteiger partial charge in [-0.3, -0.25) is 14.6 Å². The van der Waals surface area contributed by atoms with Gasteiger partial charge in [0.1, 0.15) is 5.54 Å². The number of likely N-dealkylation sites (N-methyl/N-ethyl adjacent to an activating group) is 1. The monoisotopic (exact) mass is 331 g/mol. The number of esters is 1. The van der Waals surface area contributed by atoms with E-state index < -0.39 is 11.5 Å². The SMILES string of the molecule is COC(=O)c1cncc(C(=O)N2CCCC23CCCN(C)C3=O)c1.